The van der Waals surface area contributed by atoms with Crippen LogP contribution in [0.3, 0.4) is 0 Å². The molecule has 72 valence electrons. The molecule has 14 heavy (non-hydrogen) atoms. The minimum Gasteiger partial charge on any atom is -0.494 e. The predicted molar refractivity (Wildman–Crippen MR) is 50.5 cm³/mol. The van der Waals surface area contributed by atoms with Gasteiger partial charge in [0, 0.05) is 5.39 Å². The van der Waals surface area contributed by atoms with Crippen molar-refractivity contribution in [2.45, 2.75) is 0 Å². The Balaban J connectivity index is 2.84. The maximum absolute atomic E-state index is 13.6. The lowest BCUT2D eigenvalue weighted by Crippen LogP contribution is -1.96. The maximum atomic E-state index is 13.6. The number of hydrogen-bond acceptors (Lipinski definition) is 4. The molecule has 0 saturated heterocycles. The number of aromatic nitrogens is 2. The lowest BCUT2D eigenvalue weighted by molar-refractivity contribution is 0.388. The number of benzene rings is 1. The monoisotopic (exact) mass is 193 g/mol. The minimum atomic E-state index is -0.515. The fraction of sp³-hybridized carbons (Fsp3) is 0.111. The topological polar surface area (TPSA) is 61.0 Å². The Hall–Kier alpha value is -1.91. The van der Waals surface area contributed by atoms with Crippen molar-refractivity contribution in [3.8, 4) is 5.75 Å². The van der Waals surface area contributed by atoms with Crippen molar-refractivity contribution in [2.75, 3.05) is 12.8 Å². The molecule has 4 nitrogen and oxygen atoms in total. The fourth-order valence-corrected chi connectivity index (χ4v) is 1.25. The van der Waals surface area contributed by atoms with Crippen LogP contribution in [0.1, 0.15) is 0 Å². The summed E-state index contributed by atoms with van der Waals surface area (Å²) < 4.78 is 18.4. The third-order valence-corrected chi connectivity index (χ3v) is 1.96. The highest BCUT2D eigenvalue weighted by Crippen LogP contribution is 2.26. The van der Waals surface area contributed by atoms with Crippen LogP contribution in [0.25, 0.3) is 10.9 Å². The first kappa shape index (κ1) is 8.68. The molecule has 0 fully saturated rings. The largest absolute Gasteiger partial charge is 0.494 e. The van der Waals surface area contributed by atoms with Gasteiger partial charge in [0.25, 0.3) is 0 Å². The molecule has 1 heterocycles. The van der Waals surface area contributed by atoms with Gasteiger partial charge in [0.2, 0.25) is 0 Å². The Kier molecular flexibility index (Phi) is 1.92. The van der Waals surface area contributed by atoms with Crippen molar-refractivity contribution in [3.05, 3.63) is 24.3 Å². The highest BCUT2D eigenvalue weighted by Gasteiger charge is 2.10. The van der Waals surface area contributed by atoms with Gasteiger partial charge < -0.3 is 10.5 Å². The van der Waals surface area contributed by atoms with Crippen LogP contribution < -0.4 is 10.5 Å². The number of nitrogens with zero attached hydrogens (tertiary/aromatic N) is 2. The predicted octanol–water partition coefficient (Wildman–Crippen LogP) is 1.36. The Morgan fingerprint density at radius 2 is 2.14 bits per heavy atom. The number of nitrogens with two attached hydrogens (primary N) is 1. The number of ether oxygens (including phenoxy) is 1. The molecule has 1 aromatic carbocycles. The van der Waals surface area contributed by atoms with Crippen molar-refractivity contribution < 1.29 is 9.13 Å². The van der Waals surface area contributed by atoms with E-state index in [1.54, 1.807) is 6.07 Å². The normalized spacial score (nSPS) is 10.4. The van der Waals surface area contributed by atoms with Gasteiger partial charge in [-0.3, -0.25) is 0 Å². The molecule has 0 saturated carbocycles. The summed E-state index contributed by atoms with van der Waals surface area (Å²) in [6.45, 7) is 0. The van der Waals surface area contributed by atoms with E-state index in [9.17, 15) is 4.39 Å². The van der Waals surface area contributed by atoms with E-state index in [1.807, 2.05) is 0 Å². The molecule has 0 bridgehead atoms. The average molecular weight is 193 g/mol. The van der Waals surface area contributed by atoms with E-state index in [2.05, 4.69) is 9.97 Å². The third kappa shape index (κ3) is 1.14. The van der Waals surface area contributed by atoms with Crippen LogP contribution in [0.4, 0.5) is 10.2 Å². The minimum absolute atomic E-state index is 0.149. The van der Waals surface area contributed by atoms with Gasteiger partial charge in [-0.2, -0.15) is 0 Å². The number of halogens is 1. The highest BCUT2D eigenvalue weighted by atomic mass is 19.1. The second-order valence-corrected chi connectivity index (χ2v) is 2.74. The smallest absolute Gasteiger partial charge is 0.191 e. The van der Waals surface area contributed by atoms with E-state index in [0.29, 0.717) is 5.39 Å². The van der Waals surface area contributed by atoms with Gasteiger partial charge in [-0.15, -0.1) is 0 Å². The van der Waals surface area contributed by atoms with Crippen LogP contribution in [-0.4, -0.2) is 17.1 Å². The Morgan fingerprint density at radius 3 is 2.86 bits per heavy atom. The van der Waals surface area contributed by atoms with Crippen molar-refractivity contribution in [1.29, 1.82) is 0 Å². The summed E-state index contributed by atoms with van der Waals surface area (Å²) in [6.07, 6.45) is 1.22. The Labute approximate surface area is 79.5 Å². The van der Waals surface area contributed by atoms with E-state index in [4.69, 9.17) is 10.5 Å². The summed E-state index contributed by atoms with van der Waals surface area (Å²) in [7, 11) is 1.40. The quantitative estimate of drug-likeness (QED) is 0.742. The second-order valence-electron chi connectivity index (χ2n) is 2.74. The van der Waals surface area contributed by atoms with Crippen LogP contribution in [0.15, 0.2) is 18.5 Å². The van der Waals surface area contributed by atoms with Crippen molar-refractivity contribution >= 4 is 16.7 Å². The molecule has 2 aromatic rings. The molecule has 0 aliphatic rings. The molecule has 0 radical (unpaired) electrons. The van der Waals surface area contributed by atoms with Crippen LogP contribution in [0, 0.1) is 5.82 Å². The zero-order valence-electron chi connectivity index (χ0n) is 7.49. The fourth-order valence-electron chi connectivity index (χ4n) is 1.25. The third-order valence-electron chi connectivity index (χ3n) is 1.96. The maximum Gasteiger partial charge on any atom is 0.191 e. The van der Waals surface area contributed by atoms with Gasteiger partial charge in [0.15, 0.2) is 11.6 Å². The molecule has 0 aliphatic carbocycles. The summed E-state index contributed by atoms with van der Waals surface area (Å²) in [6, 6.07) is 3.13. The summed E-state index contributed by atoms with van der Waals surface area (Å²) >= 11 is 0. The molecule has 5 heteroatoms. The molecule has 2 rings (SSSR count). The lowest BCUT2D eigenvalue weighted by Gasteiger charge is -2.04. The molecule has 0 spiro atoms. The van der Waals surface area contributed by atoms with E-state index >= 15 is 0 Å². The lowest BCUT2D eigenvalue weighted by atomic mass is 10.2. The number of hydrogen-bond donors (Lipinski definition) is 1. The van der Waals surface area contributed by atoms with Gasteiger partial charge >= 0.3 is 0 Å². The van der Waals surface area contributed by atoms with Gasteiger partial charge in [-0.05, 0) is 12.1 Å². The van der Waals surface area contributed by atoms with Crippen LogP contribution in [0.2, 0.25) is 0 Å². The standard InChI is InChI=1S/C9H8FN3O/c1-14-6-3-2-5-8(7(6)10)12-4-13-9(5)11/h2-4H,1H3,(H2,11,12,13). The van der Waals surface area contributed by atoms with Crippen molar-refractivity contribution in [1.82, 2.24) is 9.97 Å². The molecule has 2 N–H and O–H groups in total. The summed E-state index contributed by atoms with van der Waals surface area (Å²) in [4.78, 5) is 7.57. The first-order valence-electron chi connectivity index (χ1n) is 3.96. The van der Waals surface area contributed by atoms with Gasteiger partial charge in [-0.1, -0.05) is 0 Å². The molecule has 0 aliphatic heterocycles. The summed E-state index contributed by atoms with van der Waals surface area (Å²) in [5.41, 5.74) is 5.74. The molecule has 0 atom stereocenters. The van der Waals surface area contributed by atoms with Crippen molar-refractivity contribution in [2.24, 2.45) is 0 Å². The molecule has 1 aromatic heterocycles. The van der Waals surface area contributed by atoms with E-state index in [0.717, 1.165) is 0 Å². The molecular formula is C9H8FN3O. The van der Waals surface area contributed by atoms with Crippen LogP contribution >= 0.6 is 0 Å². The molecular weight excluding hydrogens is 185 g/mol. The zero-order chi connectivity index (χ0) is 10.1. The van der Waals surface area contributed by atoms with Crippen LogP contribution in [0.5, 0.6) is 5.75 Å². The van der Waals surface area contributed by atoms with Crippen molar-refractivity contribution in [3.63, 3.8) is 0 Å². The van der Waals surface area contributed by atoms with Gasteiger partial charge in [-0.25, -0.2) is 14.4 Å². The number of rotatable bonds is 1. The summed E-state index contributed by atoms with van der Waals surface area (Å²) in [5, 5.41) is 0.491. The molecule has 0 amide bonds. The number of nitrogen functional groups attached to an aromatic ring is 1. The van der Waals surface area contributed by atoms with E-state index in [-0.39, 0.29) is 17.1 Å². The number of anilines is 1. The summed E-state index contributed by atoms with van der Waals surface area (Å²) in [5.74, 6) is -0.105. The molecule has 0 unspecified atom stereocenters. The van der Waals surface area contributed by atoms with E-state index < -0.39 is 5.82 Å². The second kappa shape index (κ2) is 3.10. The van der Waals surface area contributed by atoms with Gasteiger partial charge in [0.05, 0.1) is 7.11 Å². The average Bonchev–Trinajstić information content (AvgIpc) is 2.20. The number of methoxy groups -OCH3 is 1. The Morgan fingerprint density at radius 1 is 1.36 bits per heavy atom. The van der Waals surface area contributed by atoms with Crippen LogP contribution in [-0.2, 0) is 0 Å². The van der Waals surface area contributed by atoms with Gasteiger partial charge in [0.1, 0.15) is 17.7 Å². The number of fused-ring (bicyclic) bond motifs is 1. The SMILES string of the molecule is COc1ccc2c(N)ncnc2c1F. The van der Waals surface area contributed by atoms with E-state index in [1.165, 1.54) is 19.5 Å². The Bertz CT molecular complexity index is 487. The highest BCUT2D eigenvalue weighted by molar-refractivity contribution is 5.89. The first-order chi connectivity index (χ1) is 6.74. The zero-order valence-corrected chi connectivity index (χ0v) is 7.49. The first-order valence-corrected chi connectivity index (χ1v) is 3.96.